The van der Waals surface area contributed by atoms with Crippen LogP contribution in [0.4, 0.5) is 0 Å². The molecule has 0 saturated heterocycles. The Balaban J connectivity index is 0. The second-order valence-corrected chi connectivity index (χ2v) is 7.72. The van der Waals surface area contributed by atoms with Crippen LogP contribution in [0.1, 0.15) is 52.4 Å². The Kier molecular flexibility index (Phi) is 17.9. The van der Waals surface area contributed by atoms with E-state index in [2.05, 4.69) is 26.5 Å². The molecule has 0 saturated carbocycles. The van der Waals surface area contributed by atoms with E-state index in [-0.39, 0.29) is 0 Å². The molecule has 0 aromatic carbocycles. The van der Waals surface area contributed by atoms with Crippen LogP contribution in [0.3, 0.4) is 0 Å². The molecule has 0 aliphatic rings. The number of hydrogen-bond donors (Lipinski definition) is 1. The lowest BCUT2D eigenvalue weighted by molar-refractivity contribution is 0.123. The molecule has 0 aliphatic carbocycles. The molecule has 0 heterocycles. The van der Waals surface area contributed by atoms with Crippen LogP contribution in [0.15, 0.2) is 0 Å². The van der Waals surface area contributed by atoms with Crippen molar-refractivity contribution in [3.8, 4) is 0 Å². The smallest absolute Gasteiger partial charge is 0.377 e. The fourth-order valence-electron chi connectivity index (χ4n) is 1.53. The third-order valence-corrected chi connectivity index (χ3v) is 5.93. The Bertz CT molecular complexity index is 143. The number of hydrogen-bond acceptors (Lipinski definition) is 4. The molecule has 112 valence electrons. The summed E-state index contributed by atoms with van der Waals surface area (Å²) >= 11 is 4.10. The van der Waals surface area contributed by atoms with E-state index < -0.39 is 8.80 Å². The predicted octanol–water partition coefficient (Wildman–Crippen LogP) is 4.16. The Labute approximate surface area is 120 Å². The lowest BCUT2D eigenvalue weighted by Gasteiger charge is -2.23. The van der Waals surface area contributed by atoms with Gasteiger partial charge in [-0.3, -0.25) is 0 Å². The van der Waals surface area contributed by atoms with Gasteiger partial charge in [-0.25, -0.2) is 0 Å². The van der Waals surface area contributed by atoms with Gasteiger partial charge in [-0.15, -0.1) is 0 Å². The first-order valence-corrected chi connectivity index (χ1v) is 9.49. The molecule has 0 radical (unpaired) electrons. The first-order chi connectivity index (χ1) is 8.66. The molecule has 18 heavy (non-hydrogen) atoms. The van der Waals surface area contributed by atoms with Crippen LogP contribution in [0, 0.1) is 0 Å². The van der Waals surface area contributed by atoms with Crippen molar-refractivity contribution in [3.63, 3.8) is 0 Å². The molecule has 0 aromatic rings. The second-order valence-electron chi connectivity index (χ2n) is 4.18. The van der Waals surface area contributed by atoms with E-state index in [0.717, 1.165) is 18.2 Å². The zero-order chi connectivity index (χ0) is 14.3. The van der Waals surface area contributed by atoms with Crippen molar-refractivity contribution in [1.29, 1.82) is 0 Å². The minimum atomic E-state index is -2.29. The highest BCUT2D eigenvalue weighted by molar-refractivity contribution is 7.80. The van der Waals surface area contributed by atoms with E-state index in [0.29, 0.717) is 0 Å². The van der Waals surface area contributed by atoms with Crippen LogP contribution in [-0.2, 0) is 13.3 Å². The summed E-state index contributed by atoms with van der Waals surface area (Å²) in [6.45, 7) is 4.49. The average molecular weight is 297 g/mol. The van der Waals surface area contributed by atoms with E-state index in [1.54, 1.807) is 21.3 Å². The van der Waals surface area contributed by atoms with Gasteiger partial charge in [0.05, 0.1) is 0 Å². The summed E-state index contributed by atoms with van der Waals surface area (Å²) in [6.07, 6.45) is 7.97. The fraction of sp³-hybridized carbons (Fsp3) is 1.00. The minimum Gasteiger partial charge on any atom is -0.377 e. The van der Waals surface area contributed by atoms with Gasteiger partial charge in [-0.1, -0.05) is 46.0 Å². The standard InChI is InChI=1S/C7H16.C6H16O3SSi/c1-3-5-7-6-4-2;1-7-11(8-2,9-3)6-4-5-10/h3-7H2,1-2H3;10H,4-6H2,1-3H3. The zero-order valence-electron chi connectivity index (χ0n) is 12.8. The molecule has 0 fully saturated rings. The Hall–Kier alpha value is 0.447. The van der Waals surface area contributed by atoms with Gasteiger partial charge in [0.15, 0.2) is 0 Å². The molecule has 0 aromatic heterocycles. The highest BCUT2D eigenvalue weighted by atomic mass is 32.1. The van der Waals surface area contributed by atoms with Gasteiger partial charge in [0, 0.05) is 27.4 Å². The maximum absolute atomic E-state index is 5.20. The van der Waals surface area contributed by atoms with Crippen molar-refractivity contribution in [2.24, 2.45) is 0 Å². The van der Waals surface area contributed by atoms with E-state index in [9.17, 15) is 0 Å². The van der Waals surface area contributed by atoms with Crippen molar-refractivity contribution in [1.82, 2.24) is 0 Å². The predicted molar refractivity (Wildman–Crippen MR) is 84.5 cm³/mol. The summed E-state index contributed by atoms with van der Waals surface area (Å²) < 4.78 is 15.6. The van der Waals surface area contributed by atoms with Gasteiger partial charge in [0.2, 0.25) is 0 Å². The largest absolute Gasteiger partial charge is 0.500 e. The molecular weight excluding hydrogens is 264 g/mol. The molecule has 0 aliphatic heterocycles. The van der Waals surface area contributed by atoms with Gasteiger partial charge in [-0.05, 0) is 12.2 Å². The Morgan fingerprint density at radius 2 is 1.22 bits per heavy atom. The number of rotatable bonds is 10. The highest BCUT2D eigenvalue weighted by Gasteiger charge is 2.36. The zero-order valence-corrected chi connectivity index (χ0v) is 14.7. The monoisotopic (exact) mass is 296 g/mol. The lowest BCUT2D eigenvalue weighted by Crippen LogP contribution is -2.42. The molecular formula is C13H32O3SSi. The van der Waals surface area contributed by atoms with Gasteiger partial charge < -0.3 is 13.3 Å². The normalized spacial score (nSPS) is 11.0. The molecule has 0 unspecified atom stereocenters. The maximum atomic E-state index is 5.20. The van der Waals surface area contributed by atoms with E-state index in [4.69, 9.17) is 13.3 Å². The number of thiol groups is 1. The van der Waals surface area contributed by atoms with Crippen molar-refractivity contribution in [2.75, 3.05) is 27.1 Å². The topological polar surface area (TPSA) is 27.7 Å². The summed E-state index contributed by atoms with van der Waals surface area (Å²) in [5, 5.41) is 0. The molecule has 0 N–H and O–H groups in total. The number of unbranched alkanes of at least 4 members (excludes halogenated alkanes) is 4. The Morgan fingerprint density at radius 3 is 1.50 bits per heavy atom. The Morgan fingerprint density at radius 1 is 0.778 bits per heavy atom. The first-order valence-electron chi connectivity index (χ1n) is 6.92. The molecule has 0 amide bonds. The summed E-state index contributed by atoms with van der Waals surface area (Å²) in [5.41, 5.74) is 0. The van der Waals surface area contributed by atoms with Gasteiger partial charge in [0.25, 0.3) is 0 Å². The van der Waals surface area contributed by atoms with Crippen LogP contribution in [0.2, 0.25) is 6.04 Å². The van der Waals surface area contributed by atoms with Gasteiger partial charge in [-0.2, -0.15) is 12.6 Å². The van der Waals surface area contributed by atoms with Crippen LogP contribution < -0.4 is 0 Å². The van der Waals surface area contributed by atoms with Crippen LogP contribution in [0.25, 0.3) is 0 Å². The summed E-state index contributed by atoms with van der Waals surface area (Å²) in [4.78, 5) is 0. The van der Waals surface area contributed by atoms with Crippen molar-refractivity contribution in [3.05, 3.63) is 0 Å². The minimum absolute atomic E-state index is 0.833. The van der Waals surface area contributed by atoms with E-state index >= 15 is 0 Å². The first kappa shape index (κ1) is 20.8. The quantitative estimate of drug-likeness (QED) is 0.373. The van der Waals surface area contributed by atoms with Crippen molar-refractivity contribution in [2.45, 2.75) is 58.4 Å². The maximum Gasteiger partial charge on any atom is 0.500 e. The lowest BCUT2D eigenvalue weighted by atomic mass is 10.2. The fourth-order valence-corrected chi connectivity index (χ4v) is 3.71. The summed E-state index contributed by atoms with van der Waals surface area (Å²) in [7, 11) is 2.58. The SMILES string of the molecule is CCCCCCC.CO[Si](CCCS)(OC)OC. The van der Waals surface area contributed by atoms with Crippen LogP contribution >= 0.6 is 12.6 Å². The van der Waals surface area contributed by atoms with Gasteiger partial charge in [0.1, 0.15) is 0 Å². The molecule has 0 rings (SSSR count). The molecule has 0 spiro atoms. The van der Waals surface area contributed by atoms with Crippen LogP contribution in [-0.4, -0.2) is 35.9 Å². The van der Waals surface area contributed by atoms with E-state index in [1.165, 1.54) is 32.1 Å². The molecule has 5 heteroatoms. The van der Waals surface area contributed by atoms with Gasteiger partial charge >= 0.3 is 8.80 Å². The summed E-state index contributed by atoms with van der Waals surface area (Å²) in [6, 6.07) is 0.833. The van der Waals surface area contributed by atoms with E-state index in [1.807, 2.05) is 0 Å². The second kappa shape index (κ2) is 15.5. The van der Waals surface area contributed by atoms with Crippen molar-refractivity contribution >= 4 is 21.4 Å². The van der Waals surface area contributed by atoms with Crippen molar-refractivity contribution < 1.29 is 13.3 Å². The molecule has 0 bridgehead atoms. The molecule has 3 nitrogen and oxygen atoms in total. The molecule has 0 atom stereocenters. The third-order valence-electron chi connectivity index (χ3n) is 2.78. The highest BCUT2D eigenvalue weighted by Crippen LogP contribution is 2.14. The average Bonchev–Trinajstić information content (AvgIpc) is 2.42. The third kappa shape index (κ3) is 11.5. The summed E-state index contributed by atoms with van der Waals surface area (Å²) in [5.74, 6) is 0.838. The van der Waals surface area contributed by atoms with Crippen LogP contribution in [0.5, 0.6) is 0 Å².